The Morgan fingerprint density at radius 3 is 2.82 bits per heavy atom. The van der Waals surface area contributed by atoms with Crippen LogP contribution in [0.2, 0.25) is 0 Å². The Kier molecular flexibility index (Phi) is 5.17. The van der Waals surface area contributed by atoms with E-state index < -0.39 is 24.6 Å². The van der Waals surface area contributed by atoms with Crippen LogP contribution >= 0.6 is 0 Å². The van der Waals surface area contributed by atoms with Crippen LogP contribution in [0, 0.1) is 0 Å². The minimum atomic E-state index is -1.26. The average molecular weight is 246 g/mol. The molecule has 3 N–H and O–H groups in total. The zero-order chi connectivity index (χ0) is 12.8. The van der Waals surface area contributed by atoms with E-state index in [0.29, 0.717) is 19.7 Å². The highest BCUT2D eigenvalue weighted by molar-refractivity contribution is 5.82. The number of hydrogen-bond acceptors (Lipinski definition) is 4. The van der Waals surface area contributed by atoms with Gasteiger partial charge in [0.2, 0.25) is 0 Å². The molecule has 7 nitrogen and oxygen atoms in total. The van der Waals surface area contributed by atoms with Crippen molar-refractivity contribution in [1.82, 2.24) is 10.2 Å². The lowest BCUT2D eigenvalue weighted by atomic mass is 10.2. The first-order valence-corrected chi connectivity index (χ1v) is 5.59. The highest BCUT2D eigenvalue weighted by Gasteiger charge is 2.26. The lowest BCUT2D eigenvalue weighted by Gasteiger charge is -2.33. The van der Waals surface area contributed by atoms with Crippen molar-refractivity contribution < 1.29 is 24.5 Å². The van der Waals surface area contributed by atoms with E-state index in [0.717, 1.165) is 6.42 Å². The van der Waals surface area contributed by atoms with E-state index in [2.05, 4.69) is 5.32 Å². The molecule has 0 spiro atoms. The first-order valence-electron chi connectivity index (χ1n) is 5.59. The molecule has 7 heteroatoms. The summed E-state index contributed by atoms with van der Waals surface area (Å²) in [6.07, 6.45) is 0.790. The molecule has 1 fully saturated rings. The van der Waals surface area contributed by atoms with Crippen molar-refractivity contribution in [3.8, 4) is 0 Å². The van der Waals surface area contributed by atoms with Gasteiger partial charge in [-0.1, -0.05) is 6.92 Å². The first-order chi connectivity index (χ1) is 8.08. The number of amides is 2. The summed E-state index contributed by atoms with van der Waals surface area (Å²) in [5.41, 5.74) is 0. The van der Waals surface area contributed by atoms with Crippen LogP contribution in [-0.4, -0.2) is 65.6 Å². The number of urea groups is 1. The summed E-state index contributed by atoms with van der Waals surface area (Å²) >= 11 is 0. The van der Waals surface area contributed by atoms with Crippen LogP contribution in [0.1, 0.15) is 13.3 Å². The number of morpholine rings is 1. The van der Waals surface area contributed by atoms with Gasteiger partial charge in [-0.3, -0.25) is 0 Å². The van der Waals surface area contributed by atoms with Gasteiger partial charge in [-0.2, -0.15) is 0 Å². The minimum Gasteiger partial charge on any atom is -0.480 e. The Morgan fingerprint density at radius 1 is 1.59 bits per heavy atom. The topological polar surface area (TPSA) is 99.1 Å². The molecule has 0 bridgehead atoms. The summed E-state index contributed by atoms with van der Waals surface area (Å²) in [5, 5.41) is 19.8. The molecule has 2 atom stereocenters. The number of aliphatic hydroxyl groups excluding tert-OH is 1. The number of carbonyl (C=O) groups excluding carboxylic acids is 1. The molecule has 98 valence electrons. The second-order valence-electron chi connectivity index (χ2n) is 3.87. The number of hydrogen-bond donors (Lipinski definition) is 3. The summed E-state index contributed by atoms with van der Waals surface area (Å²) in [7, 11) is 0. The highest BCUT2D eigenvalue weighted by atomic mass is 16.5. The zero-order valence-corrected chi connectivity index (χ0v) is 9.76. The summed E-state index contributed by atoms with van der Waals surface area (Å²) in [5.74, 6) is -1.25. The van der Waals surface area contributed by atoms with Crippen LogP contribution in [-0.2, 0) is 9.53 Å². The Morgan fingerprint density at radius 2 is 2.29 bits per heavy atom. The summed E-state index contributed by atoms with van der Waals surface area (Å²) in [4.78, 5) is 23.9. The summed E-state index contributed by atoms with van der Waals surface area (Å²) in [6, 6.07) is -1.74. The number of ether oxygens (including phenoxy) is 1. The molecular weight excluding hydrogens is 228 g/mol. The Balaban J connectivity index is 2.48. The second kappa shape index (κ2) is 6.41. The molecule has 1 heterocycles. The van der Waals surface area contributed by atoms with Gasteiger partial charge in [-0.25, -0.2) is 9.59 Å². The van der Waals surface area contributed by atoms with E-state index in [4.69, 9.17) is 14.9 Å². The van der Waals surface area contributed by atoms with Gasteiger partial charge in [0.05, 0.1) is 19.3 Å². The van der Waals surface area contributed by atoms with Gasteiger partial charge in [0.25, 0.3) is 0 Å². The fourth-order valence-electron chi connectivity index (χ4n) is 1.58. The number of carbonyl (C=O) groups is 2. The van der Waals surface area contributed by atoms with Crippen molar-refractivity contribution in [3.05, 3.63) is 0 Å². The van der Waals surface area contributed by atoms with Crippen molar-refractivity contribution in [2.24, 2.45) is 0 Å². The fourth-order valence-corrected chi connectivity index (χ4v) is 1.58. The SMILES string of the molecule is CCC1CN(C(=O)N[C@@H](CO)C(=O)O)CCO1. The fraction of sp³-hybridized carbons (Fsp3) is 0.800. The zero-order valence-electron chi connectivity index (χ0n) is 9.76. The van der Waals surface area contributed by atoms with Crippen molar-refractivity contribution in [2.45, 2.75) is 25.5 Å². The number of carboxylic acids is 1. The maximum Gasteiger partial charge on any atom is 0.328 e. The van der Waals surface area contributed by atoms with E-state index in [-0.39, 0.29) is 6.10 Å². The van der Waals surface area contributed by atoms with Gasteiger partial charge in [0.15, 0.2) is 6.04 Å². The highest BCUT2D eigenvalue weighted by Crippen LogP contribution is 2.08. The number of aliphatic carboxylic acids is 1. The molecular formula is C10H18N2O5. The molecule has 0 aromatic rings. The standard InChI is InChI=1S/C10H18N2O5/c1-2-7-5-12(3-4-17-7)10(16)11-8(6-13)9(14)15/h7-8,13H,2-6H2,1H3,(H,11,16)(H,14,15)/t7?,8-/m0/s1. The molecule has 1 aliphatic rings. The van der Waals surface area contributed by atoms with Gasteiger partial charge < -0.3 is 25.2 Å². The third kappa shape index (κ3) is 3.86. The molecule has 2 amide bonds. The molecule has 1 unspecified atom stereocenters. The Labute approximate surface area is 99.4 Å². The lowest BCUT2D eigenvalue weighted by molar-refractivity contribution is -0.140. The number of nitrogens with one attached hydrogen (secondary N) is 1. The molecule has 0 saturated carbocycles. The van der Waals surface area contributed by atoms with Crippen LogP contribution < -0.4 is 5.32 Å². The van der Waals surface area contributed by atoms with E-state index in [1.807, 2.05) is 6.92 Å². The average Bonchev–Trinajstić information content (AvgIpc) is 2.35. The van der Waals surface area contributed by atoms with Gasteiger partial charge in [0.1, 0.15) is 0 Å². The van der Waals surface area contributed by atoms with Crippen molar-refractivity contribution >= 4 is 12.0 Å². The molecule has 0 aromatic heterocycles. The van der Waals surface area contributed by atoms with Crippen molar-refractivity contribution in [1.29, 1.82) is 0 Å². The second-order valence-corrected chi connectivity index (χ2v) is 3.87. The van der Waals surface area contributed by atoms with Crippen LogP contribution in [0.25, 0.3) is 0 Å². The molecule has 0 aliphatic carbocycles. The minimum absolute atomic E-state index is 0.00750. The van der Waals surface area contributed by atoms with E-state index in [9.17, 15) is 9.59 Å². The maximum atomic E-state index is 11.7. The molecule has 17 heavy (non-hydrogen) atoms. The smallest absolute Gasteiger partial charge is 0.328 e. The van der Waals surface area contributed by atoms with Crippen molar-refractivity contribution in [3.63, 3.8) is 0 Å². The monoisotopic (exact) mass is 246 g/mol. The van der Waals surface area contributed by atoms with Crippen LogP contribution in [0.4, 0.5) is 4.79 Å². The molecule has 0 radical (unpaired) electrons. The van der Waals surface area contributed by atoms with Gasteiger partial charge in [-0.05, 0) is 6.42 Å². The molecule has 1 aliphatic heterocycles. The van der Waals surface area contributed by atoms with Crippen molar-refractivity contribution in [2.75, 3.05) is 26.3 Å². The number of nitrogens with zero attached hydrogens (tertiary/aromatic N) is 1. The third-order valence-corrected chi connectivity index (χ3v) is 2.66. The summed E-state index contributed by atoms with van der Waals surface area (Å²) in [6.45, 7) is 2.66. The first kappa shape index (κ1) is 13.7. The van der Waals surface area contributed by atoms with E-state index in [1.165, 1.54) is 4.90 Å². The predicted molar refractivity (Wildman–Crippen MR) is 58.6 cm³/mol. The predicted octanol–water partition coefficient (Wildman–Crippen LogP) is -0.748. The quantitative estimate of drug-likeness (QED) is 0.606. The van der Waals surface area contributed by atoms with E-state index in [1.54, 1.807) is 0 Å². The normalized spacial score (nSPS) is 22.0. The Bertz CT molecular complexity index is 284. The third-order valence-electron chi connectivity index (χ3n) is 2.66. The van der Waals surface area contributed by atoms with Crippen LogP contribution in [0.15, 0.2) is 0 Å². The molecule has 1 saturated heterocycles. The van der Waals surface area contributed by atoms with Gasteiger partial charge in [0, 0.05) is 13.1 Å². The maximum absolute atomic E-state index is 11.7. The summed E-state index contributed by atoms with van der Waals surface area (Å²) < 4.78 is 5.40. The molecule has 1 rings (SSSR count). The number of carboxylic acid groups (broad SMARTS) is 1. The molecule has 0 aromatic carbocycles. The van der Waals surface area contributed by atoms with Gasteiger partial charge >= 0.3 is 12.0 Å². The largest absolute Gasteiger partial charge is 0.480 e. The van der Waals surface area contributed by atoms with Crippen LogP contribution in [0.3, 0.4) is 0 Å². The number of rotatable bonds is 4. The number of aliphatic hydroxyl groups is 1. The van der Waals surface area contributed by atoms with E-state index >= 15 is 0 Å². The van der Waals surface area contributed by atoms with Crippen LogP contribution in [0.5, 0.6) is 0 Å². The Hall–Kier alpha value is -1.34. The lowest BCUT2D eigenvalue weighted by Crippen LogP contribution is -2.54. The van der Waals surface area contributed by atoms with Gasteiger partial charge in [-0.15, -0.1) is 0 Å².